The molecular formula is C16H19FN4O3. The maximum absolute atomic E-state index is 13.5. The van der Waals surface area contributed by atoms with Crippen LogP contribution in [-0.2, 0) is 6.54 Å². The van der Waals surface area contributed by atoms with Crippen molar-refractivity contribution in [2.75, 3.05) is 20.2 Å². The first kappa shape index (κ1) is 16.4. The fourth-order valence-corrected chi connectivity index (χ4v) is 3.01. The number of rotatable bonds is 4. The number of aliphatic hydroxyl groups is 1. The number of hydrogen-bond donors (Lipinski definition) is 1. The Hall–Kier alpha value is -2.48. The zero-order chi connectivity index (χ0) is 17.2. The molecule has 1 unspecified atom stereocenters. The second-order valence-corrected chi connectivity index (χ2v) is 6.00. The summed E-state index contributed by atoms with van der Waals surface area (Å²) in [7, 11) is 1.35. The number of methoxy groups -OCH3 is 1. The van der Waals surface area contributed by atoms with Crippen LogP contribution in [0.5, 0.6) is 5.75 Å². The Bertz CT molecular complexity index is 722. The molecule has 0 saturated carbocycles. The van der Waals surface area contributed by atoms with Crippen LogP contribution >= 0.6 is 0 Å². The van der Waals surface area contributed by atoms with E-state index in [9.17, 15) is 14.3 Å². The van der Waals surface area contributed by atoms with E-state index in [1.807, 2.05) is 0 Å². The molecule has 24 heavy (non-hydrogen) atoms. The average molecular weight is 334 g/mol. The molecule has 1 aromatic heterocycles. The highest BCUT2D eigenvalue weighted by Crippen LogP contribution is 2.25. The van der Waals surface area contributed by atoms with E-state index in [0.717, 1.165) is 0 Å². The molecule has 1 aliphatic heterocycles. The zero-order valence-corrected chi connectivity index (χ0v) is 13.4. The molecule has 0 radical (unpaired) electrons. The summed E-state index contributed by atoms with van der Waals surface area (Å²) in [5.74, 6) is -0.754. The minimum Gasteiger partial charge on any atom is -0.494 e. The van der Waals surface area contributed by atoms with Gasteiger partial charge in [-0.3, -0.25) is 4.79 Å². The molecule has 7 nitrogen and oxygen atoms in total. The lowest BCUT2D eigenvalue weighted by Gasteiger charge is -2.39. The Kier molecular flexibility index (Phi) is 4.48. The monoisotopic (exact) mass is 334 g/mol. The second kappa shape index (κ2) is 6.56. The van der Waals surface area contributed by atoms with Crippen LogP contribution in [0.15, 0.2) is 30.6 Å². The van der Waals surface area contributed by atoms with Crippen molar-refractivity contribution in [2.24, 2.45) is 0 Å². The van der Waals surface area contributed by atoms with Gasteiger partial charge in [0.25, 0.3) is 5.91 Å². The highest BCUT2D eigenvalue weighted by Gasteiger charge is 2.36. The summed E-state index contributed by atoms with van der Waals surface area (Å²) in [6, 6.07) is 4.01. The highest BCUT2D eigenvalue weighted by atomic mass is 19.1. The lowest BCUT2D eigenvalue weighted by atomic mass is 9.92. The fourth-order valence-electron chi connectivity index (χ4n) is 3.01. The number of halogens is 1. The third-order valence-electron chi connectivity index (χ3n) is 4.17. The maximum Gasteiger partial charge on any atom is 0.254 e. The SMILES string of the molecule is COc1cc(C(=O)N2CCCC(O)(Cn3ccnn3)C2)ccc1F. The fraction of sp³-hybridized carbons (Fsp3) is 0.438. The molecular weight excluding hydrogens is 315 g/mol. The third kappa shape index (κ3) is 3.38. The molecule has 1 N–H and O–H groups in total. The molecule has 2 heterocycles. The van der Waals surface area contributed by atoms with Gasteiger partial charge in [0.2, 0.25) is 0 Å². The van der Waals surface area contributed by atoms with Crippen molar-refractivity contribution in [3.8, 4) is 5.75 Å². The van der Waals surface area contributed by atoms with Gasteiger partial charge >= 0.3 is 0 Å². The van der Waals surface area contributed by atoms with Gasteiger partial charge in [-0.15, -0.1) is 5.10 Å². The highest BCUT2D eigenvalue weighted by molar-refractivity contribution is 5.94. The maximum atomic E-state index is 13.5. The number of amides is 1. The summed E-state index contributed by atoms with van der Waals surface area (Å²) in [6.07, 6.45) is 4.46. The minimum atomic E-state index is -1.06. The number of carbonyl (C=O) groups is 1. The first-order chi connectivity index (χ1) is 11.5. The standard InChI is InChI=1S/C16H19FN4O3/c1-24-14-9-12(3-4-13(14)17)15(22)20-7-2-5-16(23,10-20)11-21-8-6-18-19-21/h3-4,6,8-9,23H,2,5,7,10-11H2,1H3. The Morgan fingerprint density at radius 3 is 3.04 bits per heavy atom. The van der Waals surface area contributed by atoms with Crippen LogP contribution in [0.2, 0.25) is 0 Å². The van der Waals surface area contributed by atoms with E-state index < -0.39 is 11.4 Å². The van der Waals surface area contributed by atoms with Gasteiger partial charge in [-0.25, -0.2) is 9.07 Å². The predicted octanol–water partition coefficient (Wildman–Crippen LogP) is 1.09. The van der Waals surface area contributed by atoms with E-state index in [1.165, 1.54) is 25.3 Å². The molecule has 1 amide bonds. The van der Waals surface area contributed by atoms with E-state index >= 15 is 0 Å². The van der Waals surface area contributed by atoms with Crippen molar-refractivity contribution in [3.63, 3.8) is 0 Å². The lowest BCUT2D eigenvalue weighted by molar-refractivity contribution is -0.0387. The van der Waals surface area contributed by atoms with Crippen LogP contribution in [0.3, 0.4) is 0 Å². The minimum absolute atomic E-state index is 0.0238. The first-order valence-corrected chi connectivity index (χ1v) is 7.70. The Labute approximate surface area is 138 Å². The van der Waals surface area contributed by atoms with Gasteiger partial charge in [0.05, 0.1) is 26.4 Å². The number of benzene rings is 1. The molecule has 3 rings (SSSR count). The van der Waals surface area contributed by atoms with Crippen molar-refractivity contribution in [1.29, 1.82) is 0 Å². The van der Waals surface area contributed by atoms with Crippen LogP contribution in [0.4, 0.5) is 4.39 Å². The number of aromatic nitrogens is 3. The summed E-state index contributed by atoms with van der Waals surface area (Å²) in [5, 5.41) is 18.4. The quantitative estimate of drug-likeness (QED) is 0.905. The number of likely N-dealkylation sites (tertiary alicyclic amines) is 1. The van der Waals surface area contributed by atoms with Crippen LogP contribution in [0, 0.1) is 5.82 Å². The van der Waals surface area contributed by atoms with Crippen molar-refractivity contribution >= 4 is 5.91 Å². The number of piperidine rings is 1. The molecule has 0 spiro atoms. The van der Waals surface area contributed by atoms with Crippen LogP contribution in [0.25, 0.3) is 0 Å². The average Bonchev–Trinajstić information content (AvgIpc) is 3.07. The number of β-amino-alcohol motifs (C(OH)–C–C–N with tert-alkyl or cyclic N) is 1. The van der Waals surface area contributed by atoms with Crippen molar-refractivity contribution in [2.45, 2.75) is 25.0 Å². The van der Waals surface area contributed by atoms with Gasteiger partial charge in [-0.2, -0.15) is 0 Å². The van der Waals surface area contributed by atoms with Gasteiger partial charge in [0.15, 0.2) is 11.6 Å². The molecule has 8 heteroatoms. The van der Waals surface area contributed by atoms with Gasteiger partial charge in [0.1, 0.15) is 5.60 Å². The number of nitrogens with zero attached hydrogens (tertiary/aromatic N) is 4. The summed E-state index contributed by atoms with van der Waals surface area (Å²) in [5.41, 5.74) is -0.732. The topological polar surface area (TPSA) is 80.5 Å². The first-order valence-electron chi connectivity index (χ1n) is 7.70. The number of hydrogen-bond acceptors (Lipinski definition) is 5. The summed E-state index contributed by atoms with van der Waals surface area (Å²) >= 11 is 0. The largest absolute Gasteiger partial charge is 0.494 e. The lowest BCUT2D eigenvalue weighted by Crippen LogP contribution is -2.52. The predicted molar refractivity (Wildman–Crippen MR) is 83.1 cm³/mol. The third-order valence-corrected chi connectivity index (χ3v) is 4.17. The van der Waals surface area contributed by atoms with E-state index in [4.69, 9.17) is 4.74 Å². The van der Waals surface area contributed by atoms with Crippen LogP contribution in [0.1, 0.15) is 23.2 Å². The van der Waals surface area contributed by atoms with Crippen molar-refractivity contribution < 1.29 is 19.0 Å². The molecule has 1 saturated heterocycles. The van der Waals surface area contributed by atoms with E-state index in [-0.39, 0.29) is 24.7 Å². The molecule has 1 fully saturated rings. The van der Waals surface area contributed by atoms with Crippen molar-refractivity contribution in [3.05, 3.63) is 42.0 Å². The van der Waals surface area contributed by atoms with E-state index in [0.29, 0.717) is 24.9 Å². The number of carbonyl (C=O) groups excluding carboxylic acids is 1. The van der Waals surface area contributed by atoms with Gasteiger partial charge in [-0.05, 0) is 31.0 Å². The summed E-state index contributed by atoms with van der Waals surface area (Å²) < 4.78 is 20.0. The molecule has 0 aliphatic carbocycles. The summed E-state index contributed by atoms with van der Waals surface area (Å²) in [4.78, 5) is 14.2. The molecule has 1 aromatic carbocycles. The zero-order valence-electron chi connectivity index (χ0n) is 13.4. The van der Waals surface area contributed by atoms with E-state index in [2.05, 4.69) is 10.3 Å². The Morgan fingerprint density at radius 2 is 2.33 bits per heavy atom. The van der Waals surface area contributed by atoms with Gasteiger partial charge < -0.3 is 14.7 Å². The molecule has 128 valence electrons. The van der Waals surface area contributed by atoms with Crippen LogP contribution in [-0.4, -0.2) is 56.7 Å². The normalized spacial score (nSPS) is 20.9. The smallest absolute Gasteiger partial charge is 0.254 e. The molecule has 1 atom stereocenters. The molecule has 1 aliphatic rings. The van der Waals surface area contributed by atoms with E-state index in [1.54, 1.807) is 22.0 Å². The van der Waals surface area contributed by atoms with Crippen LogP contribution < -0.4 is 4.74 Å². The van der Waals surface area contributed by atoms with Gasteiger partial charge in [-0.1, -0.05) is 5.21 Å². The van der Waals surface area contributed by atoms with Crippen molar-refractivity contribution in [1.82, 2.24) is 19.9 Å². The Morgan fingerprint density at radius 1 is 1.50 bits per heavy atom. The van der Waals surface area contributed by atoms with Gasteiger partial charge in [0, 0.05) is 18.3 Å². The Balaban J connectivity index is 1.75. The molecule has 0 bridgehead atoms. The summed E-state index contributed by atoms with van der Waals surface area (Å²) in [6.45, 7) is 0.993. The number of ether oxygens (including phenoxy) is 1. The second-order valence-electron chi connectivity index (χ2n) is 6.00. The molecule has 2 aromatic rings.